The monoisotopic (exact) mass is 275 g/mol. The summed E-state index contributed by atoms with van der Waals surface area (Å²) in [5, 5.41) is 5.08. The van der Waals surface area contributed by atoms with E-state index in [0.717, 1.165) is 31.5 Å². The number of carbonyl (C=O) groups excluding carboxylic acids is 2. The Morgan fingerprint density at radius 2 is 1.85 bits per heavy atom. The molecule has 2 rings (SSSR count). The van der Waals surface area contributed by atoms with Crippen LogP contribution in [0.25, 0.3) is 0 Å². The lowest BCUT2D eigenvalue weighted by molar-refractivity contribution is -0.124. The number of hydrogen-bond donors (Lipinski definition) is 2. The van der Waals surface area contributed by atoms with Crippen molar-refractivity contribution >= 4 is 11.9 Å². The van der Waals surface area contributed by atoms with Crippen LogP contribution in [-0.4, -0.2) is 36.0 Å². The largest absolute Gasteiger partial charge is 0.334 e. The Morgan fingerprint density at radius 1 is 1.20 bits per heavy atom. The van der Waals surface area contributed by atoms with Crippen LogP contribution in [0.4, 0.5) is 4.79 Å². The quantitative estimate of drug-likeness (QED) is 0.875. The van der Waals surface area contributed by atoms with Crippen molar-refractivity contribution < 1.29 is 9.59 Å². The molecule has 1 aromatic rings. The highest BCUT2D eigenvalue weighted by Gasteiger charge is 2.24. The Bertz CT molecular complexity index is 455. The SMILES string of the molecule is C[C@@H](C(=O)NC(=O)NCc1ccccc1)N1CCCC1. The van der Waals surface area contributed by atoms with E-state index in [2.05, 4.69) is 15.5 Å². The van der Waals surface area contributed by atoms with Gasteiger partial charge in [-0.1, -0.05) is 30.3 Å². The molecule has 5 nitrogen and oxygen atoms in total. The average molecular weight is 275 g/mol. The van der Waals surface area contributed by atoms with Crippen molar-refractivity contribution in [3.05, 3.63) is 35.9 Å². The Labute approximate surface area is 119 Å². The molecule has 3 amide bonds. The minimum atomic E-state index is -0.440. The van der Waals surface area contributed by atoms with Crippen LogP contribution in [0, 0.1) is 0 Å². The van der Waals surface area contributed by atoms with Gasteiger partial charge in [0.1, 0.15) is 0 Å². The van der Waals surface area contributed by atoms with Crippen molar-refractivity contribution in [3.63, 3.8) is 0 Å². The normalized spacial score (nSPS) is 16.6. The summed E-state index contributed by atoms with van der Waals surface area (Å²) in [5.41, 5.74) is 1.00. The first-order chi connectivity index (χ1) is 9.66. The van der Waals surface area contributed by atoms with Crippen LogP contribution >= 0.6 is 0 Å². The van der Waals surface area contributed by atoms with E-state index in [1.54, 1.807) is 0 Å². The van der Waals surface area contributed by atoms with Gasteiger partial charge in [-0.2, -0.15) is 0 Å². The van der Waals surface area contributed by atoms with E-state index in [0.29, 0.717) is 6.54 Å². The van der Waals surface area contributed by atoms with Gasteiger partial charge in [-0.05, 0) is 38.4 Å². The second kappa shape index (κ2) is 7.05. The zero-order valence-electron chi connectivity index (χ0n) is 11.8. The van der Waals surface area contributed by atoms with E-state index in [-0.39, 0.29) is 11.9 Å². The van der Waals surface area contributed by atoms with Gasteiger partial charge in [-0.25, -0.2) is 4.79 Å². The molecule has 1 aliphatic rings. The predicted molar refractivity (Wildman–Crippen MR) is 77.1 cm³/mol. The van der Waals surface area contributed by atoms with E-state index in [4.69, 9.17) is 0 Å². The zero-order chi connectivity index (χ0) is 14.4. The maximum Gasteiger partial charge on any atom is 0.321 e. The number of likely N-dealkylation sites (tertiary alicyclic amines) is 1. The van der Waals surface area contributed by atoms with E-state index in [9.17, 15) is 9.59 Å². The van der Waals surface area contributed by atoms with Crippen LogP contribution in [0.3, 0.4) is 0 Å². The van der Waals surface area contributed by atoms with Crippen molar-refractivity contribution in [3.8, 4) is 0 Å². The molecule has 108 valence electrons. The summed E-state index contributed by atoms with van der Waals surface area (Å²) >= 11 is 0. The lowest BCUT2D eigenvalue weighted by Gasteiger charge is -2.22. The fraction of sp³-hybridized carbons (Fsp3) is 0.467. The maximum absolute atomic E-state index is 11.9. The molecule has 2 N–H and O–H groups in total. The van der Waals surface area contributed by atoms with Crippen molar-refractivity contribution in [2.45, 2.75) is 32.4 Å². The Hall–Kier alpha value is -1.88. The molecule has 0 unspecified atom stereocenters. The van der Waals surface area contributed by atoms with Gasteiger partial charge in [0.05, 0.1) is 6.04 Å². The highest BCUT2D eigenvalue weighted by atomic mass is 16.2. The zero-order valence-corrected chi connectivity index (χ0v) is 11.8. The molecule has 0 aliphatic carbocycles. The summed E-state index contributed by atoms with van der Waals surface area (Å²) in [4.78, 5) is 25.7. The van der Waals surface area contributed by atoms with E-state index in [1.165, 1.54) is 0 Å². The molecule has 1 fully saturated rings. The summed E-state index contributed by atoms with van der Waals surface area (Å²) in [7, 11) is 0. The Morgan fingerprint density at radius 3 is 2.50 bits per heavy atom. The van der Waals surface area contributed by atoms with Crippen LogP contribution in [0.15, 0.2) is 30.3 Å². The first-order valence-corrected chi connectivity index (χ1v) is 7.03. The summed E-state index contributed by atoms with van der Waals surface area (Å²) in [6.45, 7) is 4.11. The second-order valence-electron chi connectivity index (χ2n) is 5.08. The number of amides is 3. The van der Waals surface area contributed by atoms with Crippen molar-refractivity contribution in [1.82, 2.24) is 15.5 Å². The number of nitrogens with one attached hydrogen (secondary N) is 2. The molecule has 0 bridgehead atoms. The number of benzene rings is 1. The highest BCUT2D eigenvalue weighted by molar-refractivity contribution is 5.96. The van der Waals surface area contributed by atoms with Crippen LogP contribution in [0.1, 0.15) is 25.3 Å². The average Bonchev–Trinajstić information content (AvgIpc) is 2.99. The molecule has 0 aromatic heterocycles. The Kier molecular flexibility index (Phi) is 5.12. The lowest BCUT2D eigenvalue weighted by atomic mass is 10.2. The molecule has 0 radical (unpaired) electrons. The standard InChI is InChI=1S/C15H21N3O2/c1-12(18-9-5-6-10-18)14(19)17-15(20)16-11-13-7-3-2-4-8-13/h2-4,7-8,12H,5-6,9-11H2,1H3,(H2,16,17,19,20)/t12-/m0/s1. The van der Waals surface area contributed by atoms with Crippen LogP contribution in [0.2, 0.25) is 0 Å². The third-order valence-corrected chi connectivity index (χ3v) is 3.60. The van der Waals surface area contributed by atoms with Gasteiger partial charge in [0.2, 0.25) is 5.91 Å². The Balaban J connectivity index is 1.74. The molecule has 0 spiro atoms. The molecule has 5 heteroatoms. The minimum absolute atomic E-state index is 0.238. The van der Waals surface area contributed by atoms with Crippen molar-refractivity contribution in [2.24, 2.45) is 0 Å². The molecule has 20 heavy (non-hydrogen) atoms. The molecular formula is C15H21N3O2. The van der Waals surface area contributed by atoms with Crippen LogP contribution < -0.4 is 10.6 Å². The smallest absolute Gasteiger partial charge is 0.321 e. The van der Waals surface area contributed by atoms with Crippen LogP contribution in [-0.2, 0) is 11.3 Å². The van der Waals surface area contributed by atoms with E-state index in [1.807, 2.05) is 37.3 Å². The topological polar surface area (TPSA) is 61.4 Å². The molecule has 1 atom stereocenters. The highest BCUT2D eigenvalue weighted by Crippen LogP contribution is 2.11. The van der Waals surface area contributed by atoms with Gasteiger partial charge < -0.3 is 5.32 Å². The molecule has 1 saturated heterocycles. The number of imide groups is 1. The third-order valence-electron chi connectivity index (χ3n) is 3.60. The first kappa shape index (κ1) is 14.5. The summed E-state index contributed by atoms with van der Waals surface area (Å²) in [6, 6.07) is 8.91. The van der Waals surface area contributed by atoms with E-state index >= 15 is 0 Å². The molecule has 0 saturated carbocycles. The number of hydrogen-bond acceptors (Lipinski definition) is 3. The number of urea groups is 1. The predicted octanol–water partition coefficient (Wildman–Crippen LogP) is 1.50. The molecule has 1 aliphatic heterocycles. The number of rotatable bonds is 4. The lowest BCUT2D eigenvalue weighted by Crippen LogP contribution is -2.48. The summed E-state index contributed by atoms with van der Waals surface area (Å²) in [5.74, 6) is -0.238. The van der Waals surface area contributed by atoms with Crippen LogP contribution in [0.5, 0.6) is 0 Å². The van der Waals surface area contributed by atoms with Gasteiger partial charge in [0, 0.05) is 6.54 Å². The third kappa shape index (κ3) is 4.06. The van der Waals surface area contributed by atoms with Gasteiger partial charge in [-0.3, -0.25) is 15.0 Å². The number of nitrogens with zero attached hydrogens (tertiary/aromatic N) is 1. The summed E-state index contributed by atoms with van der Waals surface area (Å²) < 4.78 is 0. The fourth-order valence-corrected chi connectivity index (χ4v) is 2.33. The fourth-order valence-electron chi connectivity index (χ4n) is 2.33. The summed E-state index contributed by atoms with van der Waals surface area (Å²) in [6.07, 6.45) is 2.25. The second-order valence-corrected chi connectivity index (χ2v) is 5.08. The van der Waals surface area contributed by atoms with Crippen molar-refractivity contribution in [1.29, 1.82) is 0 Å². The van der Waals surface area contributed by atoms with Crippen molar-refractivity contribution in [2.75, 3.05) is 13.1 Å². The maximum atomic E-state index is 11.9. The van der Waals surface area contributed by atoms with Gasteiger partial charge in [0.25, 0.3) is 0 Å². The van der Waals surface area contributed by atoms with Gasteiger partial charge in [0.15, 0.2) is 0 Å². The van der Waals surface area contributed by atoms with Gasteiger partial charge >= 0.3 is 6.03 Å². The van der Waals surface area contributed by atoms with Gasteiger partial charge in [-0.15, -0.1) is 0 Å². The van der Waals surface area contributed by atoms with E-state index < -0.39 is 6.03 Å². The molecular weight excluding hydrogens is 254 g/mol. The number of carbonyl (C=O) groups is 2. The first-order valence-electron chi connectivity index (χ1n) is 7.03. The molecule has 1 heterocycles. The minimum Gasteiger partial charge on any atom is -0.334 e. The molecule has 1 aromatic carbocycles.